The van der Waals surface area contributed by atoms with Crippen molar-refractivity contribution in [2.45, 2.75) is 39.2 Å². The Balaban J connectivity index is 1.82. The van der Waals surface area contributed by atoms with Crippen LogP contribution in [0.2, 0.25) is 0 Å². The van der Waals surface area contributed by atoms with E-state index in [0.29, 0.717) is 11.3 Å². The van der Waals surface area contributed by atoms with Crippen LogP contribution in [0.3, 0.4) is 0 Å². The van der Waals surface area contributed by atoms with Crippen LogP contribution in [0.1, 0.15) is 55.1 Å². The van der Waals surface area contributed by atoms with Crippen molar-refractivity contribution in [3.8, 4) is 5.75 Å². The van der Waals surface area contributed by atoms with Gasteiger partial charge in [-0.25, -0.2) is 0 Å². The van der Waals surface area contributed by atoms with Crippen molar-refractivity contribution in [2.75, 3.05) is 30.4 Å². The van der Waals surface area contributed by atoms with E-state index in [9.17, 15) is 9.59 Å². The van der Waals surface area contributed by atoms with Crippen molar-refractivity contribution in [3.63, 3.8) is 0 Å². The van der Waals surface area contributed by atoms with Crippen LogP contribution in [-0.2, 0) is 4.79 Å². The van der Waals surface area contributed by atoms with Crippen molar-refractivity contribution in [1.82, 2.24) is 5.32 Å². The molecule has 0 radical (unpaired) electrons. The van der Waals surface area contributed by atoms with Crippen LogP contribution in [-0.4, -0.2) is 32.0 Å². The standard InChI is InChI=1S/C23H29N3O3/c1-16(18-7-10-20(29-3)11-8-18)24-23(28)21-12-9-19(25-17(2)27)15-22(21)26-13-5-4-6-14-26/h7-12,15-16H,4-6,13-14H2,1-3H3,(H,24,28)(H,25,27)/t16-/m0/s1. The number of piperidine rings is 1. The van der Waals surface area contributed by atoms with Gasteiger partial charge < -0.3 is 20.3 Å². The van der Waals surface area contributed by atoms with Gasteiger partial charge in [-0.2, -0.15) is 0 Å². The van der Waals surface area contributed by atoms with Crippen LogP contribution in [0.4, 0.5) is 11.4 Å². The molecule has 154 valence electrons. The number of rotatable bonds is 6. The third kappa shape index (κ3) is 5.28. The Morgan fingerprint density at radius 3 is 2.34 bits per heavy atom. The van der Waals surface area contributed by atoms with Gasteiger partial charge in [0.1, 0.15) is 5.75 Å². The summed E-state index contributed by atoms with van der Waals surface area (Å²) in [6, 6.07) is 13.0. The minimum absolute atomic E-state index is 0.122. The SMILES string of the molecule is COc1ccc([C@H](C)NC(=O)c2ccc(NC(C)=O)cc2N2CCCCC2)cc1. The maximum Gasteiger partial charge on any atom is 0.253 e. The molecule has 6 heteroatoms. The number of anilines is 2. The normalized spacial score (nSPS) is 14.8. The van der Waals surface area contributed by atoms with Crippen LogP contribution in [0.15, 0.2) is 42.5 Å². The highest BCUT2D eigenvalue weighted by Crippen LogP contribution is 2.28. The average molecular weight is 396 g/mol. The van der Waals surface area contributed by atoms with Gasteiger partial charge in [-0.15, -0.1) is 0 Å². The van der Waals surface area contributed by atoms with Crippen LogP contribution in [0.25, 0.3) is 0 Å². The zero-order valence-corrected chi connectivity index (χ0v) is 17.3. The molecule has 3 rings (SSSR count). The highest BCUT2D eigenvalue weighted by Gasteiger charge is 2.21. The lowest BCUT2D eigenvalue weighted by molar-refractivity contribution is -0.114. The van der Waals surface area contributed by atoms with Gasteiger partial charge >= 0.3 is 0 Å². The third-order valence-electron chi connectivity index (χ3n) is 5.22. The van der Waals surface area contributed by atoms with Gasteiger partial charge in [-0.05, 0) is 62.1 Å². The summed E-state index contributed by atoms with van der Waals surface area (Å²) in [6.07, 6.45) is 3.42. The molecule has 0 aromatic heterocycles. The summed E-state index contributed by atoms with van der Waals surface area (Å²) in [7, 11) is 1.63. The Morgan fingerprint density at radius 1 is 1.03 bits per heavy atom. The van der Waals surface area contributed by atoms with E-state index in [4.69, 9.17) is 4.74 Å². The largest absolute Gasteiger partial charge is 0.497 e. The predicted octanol–water partition coefficient (Wildman–Crippen LogP) is 4.13. The Morgan fingerprint density at radius 2 is 1.72 bits per heavy atom. The first-order valence-corrected chi connectivity index (χ1v) is 10.1. The molecular weight excluding hydrogens is 366 g/mol. The van der Waals surface area contributed by atoms with E-state index in [-0.39, 0.29) is 17.9 Å². The van der Waals surface area contributed by atoms with Gasteiger partial charge in [0, 0.05) is 25.7 Å². The summed E-state index contributed by atoms with van der Waals surface area (Å²) in [5.41, 5.74) is 3.21. The number of nitrogens with zero attached hydrogens (tertiary/aromatic N) is 1. The number of ether oxygens (including phenoxy) is 1. The van der Waals surface area contributed by atoms with E-state index in [0.717, 1.165) is 42.9 Å². The van der Waals surface area contributed by atoms with Gasteiger partial charge in [0.15, 0.2) is 0 Å². The van der Waals surface area contributed by atoms with Gasteiger partial charge in [-0.1, -0.05) is 12.1 Å². The van der Waals surface area contributed by atoms with Crippen molar-refractivity contribution in [3.05, 3.63) is 53.6 Å². The molecule has 2 aromatic rings. The zero-order chi connectivity index (χ0) is 20.8. The number of benzene rings is 2. The summed E-state index contributed by atoms with van der Waals surface area (Å²) in [4.78, 5) is 26.8. The summed E-state index contributed by atoms with van der Waals surface area (Å²) < 4.78 is 5.20. The lowest BCUT2D eigenvalue weighted by Crippen LogP contribution is -2.33. The second kappa shape index (κ2) is 9.45. The fourth-order valence-electron chi connectivity index (χ4n) is 3.65. The number of nitrogens with one attached hydrogen (secondary N) is 2. The molecule has 1 heterocycles. The molecule has 1 aliphatic heterocycles. The fraction of sp³-hybridized carbons (Fsp3) is 0.391. The molecule has 2 aromatic carbocycles. The zero-order valence-electron chi connectivity index (χ0n) is 17.3. The number of carbonyl (C=O) groups excluding carboxylic acids is 2. The Bertz CT molecular complexity index is 858. The third-order valence-corrected chi connectivity index (χ3v) is 5.22. The molecule has 0 spiro atoms. The van der Waals surface area contributed by atoms with E-state index in [2.05, 4.69) is 15.5 Å². The second-order valence-corrected chi connectivity index (χ2v) is 7.43. The number of amides is 2. The first-order valence-electron chi connectivity index (χ1n) is 10.1. The topological polar surface area (TPSA) is 70.7 Å². The van der Waals surface area contributed by atoms with Crippen molar-refractivity contribution < 1.29 is 14.3 Å². The molecule has 0 unspecified atom stereocenters. The molecule has 29 heavy (non-hydrogen) atoms. The number of carbonyl (C=O) groups is 2. The van der Waals surface area contributed by atoms with E-state index in [1.165, 1.54) is 13.3 Å². The lowest BCUT2D eigenvalue weighted by atomic mass is 10.0. The van der Waals surface area contributed by atoms with Crippen LogP contribution >= 0.6 is 0 Å². The highest BCUT2D eigenvalue weighted by molar-refractivity contribution is 6.01. The number of methoxy groups -OCH3 is 1. The molecule has 0 saturated carbocycles. The average Bonchev–Trinajstić information content (AvgIpc) is 2.73. The summed E-state index contributed by atoms with van der Waals surface area (Å²) in [6.45, 7) is 5.28. The molecule has 1 fully saturated rings. The summed E-state index contributed by atoms with van der Waals surface area (Å²) in [5.74, 6) is 0.538. The lowest BCUT2D eigenvalue weighted by Gasteiger charge is -2.31. The van der Waals surface area contributed by atoms with E-state index >= 15 is 0 Å². The molecule has 1 atom stereocenters. The van der Waals surface area contributed by atoms with Gasteiger partial charge in [-0.3, -0.25) is 9.59 Å². The maximum atomic E-state index is 13.1. The molecule has 6 nitrogen and oxygen atoms in total. The summed E-state index contributed by atoms with van der Waals surface area (Å²) in [5, 5.41) is 5.91. The smallest absolute Gasteiger partial charge is 0.253 e. The van der Waals surface area contributed by atoms with Gasteiger partial charge in [0.25, 0.3) is 5.91 Å². The molecule has 0 bridgehead atoms. The Labute approximate surface area is 172 Å². The van der Waals surface area contributed by atoms with Crippen LogP contribution < -0.4 is 20.3 Å². The Hall–Kier alpha value is -3.02. The monoisotopic (exact) mass is 395 g/mol. The van der Waals surface area contributed by atoms with E-state index in [1.54, 1.807) is 19.2 Å². The highest BCUT2D eigenvalue weighted by atomic mass is 16.5. The molecule has 2 N–H and O–H groups in total. The minimum Gasteiger partial charge on any atom is -0.497 e. The molecule has 2 amide bonds. The second-order valence-electron chi connectivity index (χ2n) is 7.43. The minimum atomic E-state index is -0.141. The van der Waals surface area contributed by atoms with Crippen molar-refractivity contribution in [1.29, 1.82) is 0 Å². The molecule has 1 aliphatic rings. The Kier molecular flexibility index (Phi) is 6.75. The maximum absolute atomic E-state index is 13.1. The number of hydrogen-bond acceptors (Lipinski definition) is 4. The van der Waals surface area contributed by atoms with Gasteiger partial charge in [0.2, 0.25) is 5.91 Å². The predicted molar refractivity (Wildman–Crippen MR) is 116 cm³/mol. The van der Waals surface area contributed by atoms with Crippen LogP contribution in [0.5, 0.6) is 5.75 Å². The van der Waals surface area contributed by atoms with Crippen molar-refractivity contribution >= 4 is 23.2 Å². The molecular formula is C23H29N3O3. The number of hydrogen-bond donors (Lipinski definition) is 2. The van der Waals surface area contributed by atoms with Gasteiger partial charge in [0.05, 0.1) is 24.4 Å². The quantitative estimate of drug-likeness (QED) is 0.771. The summed E-state index contributed by atoms with van der Waals surface area (Å²) >= 11 is 0. The van der Waals surface area contributed by atoms with E-state index in [1.807, 2.05) is 37.3 Å². The van der Waals surface area contributed by atoms with Crippen LogP contribution in [0, 0.1) is 0 Å². The molecule has 0 aliphatic carbocycles. The van der Waals surface area contributed by atoms with E-state index < -0.39 is 0 Å². The van der Waals surface area contributed by atoms with Crippen molar-refractivity contribution in [2.24, 2.45) is 0 Å². The molecule has 1 saturated heterocycles. The first-order chi connectivity index (χ1) is 14.0. The fourth-order valence-corrected chi connectivity index (χ4v) is 3.65. The first kappa shape index (κ1) is 20.7.